The Morgan fingerprint density at radius 3 is 2.35 bits per heavy atom. The van der Waals surface area contributed by atoms with Crippen LogP contribution in [0, 0.1) is 0 Å². The van der Waals surface area contributed by atoms with Crippen LogP contribution < -0.4 is 16.3 Å². The molecule has 6 N–H and O–H groups in total. The van der Waals surface area contributed by atoms with Crippen LogP contribution in [0.5, 0.6) is 11.5 Å². The summed E-state index contributed by atoms with van der Waals surface area (Å²) in [5.74, 6) is -4.85. The van der Waals surface area contributed by atoms with Crippen molar-refractivity contribution in [1.29, 1.82) is 0 Å². The number of aromatic nitrogens is 5. The van der Waals surface area contributed by atoms with Crippen LogP contribution in [0.3, 0.4) is 0 Å². The van der Waals surface area contributed by atoms with E-state index in [-0.39, 0.29) is 47.7 Å². The van der Waals surface area contributed by atoms with Gasteiger partial charge in [0.05, 0.1) is 17.9 Å². The standard InChI is InChI=1S/C35H40F2N8O10/c1-19(2)22-15-23(25(48)16-24(22)47)30-39-40-33(52)45(30)21-5-3-20(4-6-21)17-41-11-13-42(14-12-41)28(49)8-10-43(34(53)54)27-7-9-44(32(51)38-27)31-35(36,37)29(50)26(18-46)55-31/h3-7,9,15-16,19,26,29,31,46-48,50H,8,10-14,17-18H2,1-2H3,(H,40,52)(H,53,54)/t26-,29-,31-/m1/s1. The monoisotopic (exact) mass is 770 g/mol. The maximum absolute atomic E-state index is 14.5. The van der Waals surface area contributed by atoms with Gasteiger partial charge in [0.15, 0.2) is 11.9 Å². The van der Waals surface area contributed by atoms with Gasteiger partial charge in [-0.3, -0.25) is 19.2 Å². The van der Waals surface area contributed by atoms with Crippen molar-refractivity contribution in [2.45, 2.75) is 57.1 Å². The van der Waals surface area contributed by atoms with E-state index in [9.17, 15) is 53.5 Å². The minimum Gasteiger partial charge on any atom is -0.508 e. The van der Waals surface area contributed by atoms with Gasteiger partial charge in [-0.1, -0.05) is 26.0 Å². The summed E-state index contributed by atoms with van der Waals surface area (Å²) in [7, 11) is 0. The van der Waals surface area contributed by atoms with Gasteiger partial charge in [-0.05, 0) is 41.3 Å². The second-order valence-corrected chi connectivity index (χ2v) is 13.6. The molecular formula is C35H40F2N8O10. The number of hydrogen-bond donors (Lipinski definition) is 6. The average molecular weight is 771 g/mol. The van der Waals surface area contributed by atoms with Crippen molar-refractivity contribution in [1.82, 2.24) is 34.1 Å². The molecule has 2 aromatic carbocycles. The van der Waals surface area contributed by atoms with Gasteiger partial charge in [0.25, 0.3) is 0 Å². The number of aliphatic hydroxyl groups excluding tert-OH is 2. The Hall–Kier alpha value is -5.70. The van der Waals surface area contributed by atoms with Crippen LogP contribution in [0.15, 0.2) is 58.3 Å². The zero-order valence-electron chi connectivity index (χ0n) is 29.7. The van der Waals surface area contributed by atoms with Crippen molar-refractivity contribution in [2.75, 3.05) is 44.2 Å². The lowest BCUT2D eigenvalue weighted by molar-refractivity contribution is -0.141. The van der Waals surface area contributed by atoms with Crippen LogP contribution >= 0.6 is 0 Å². The number of hydrogen-bond acceptors (Lipinski definition) is 12. The Bertz CT molecular complexity index is 2160. The summed E-state index contributed by atoms with van der Waals surface area (Å²) in [6.07, 6.45) is -7.23. The van der Waals surface area contributed by atoms with E-state index in [2.05, 4.69) is 20.1 Å². The Morgan fingerprint density at radius 1 is 1.05 bits per heavy atom. The zero-order valence-corrected chi connectivity index (χ0v) is 29.7. The van der Waals surface area contributed by atoms with E-state index >= 15 is 0 Å². The number of anilines is 1. The number of aromatic hydroxyl groups is 2. The van der Waals surface area contributed by atoms with Gasteiger partial charge in [-0.15, -0.1) is 0 Å². The first kappa shape index (κ1) is 39.0. The topological polar surface area (TPSA) is 240 Å². The number of ether oxygens (including phenoxy) is 1. The lowest BCUT2D eigenvalue weighted by Crippen LogP contribution is -2.49. The molecule has 4 aromatic rings. The molecule has 6 rings (SSSR count). The van der Waals surface area contributed by atoms with Crippen LogP contribution in [-0.4, -0.2) is 129 Å². The van der Waals surface area contributed by atoms with E-state index in [0.717, 1.165) is 17.8 Å². The smallest absolute Gasteiger partial charge is 0.413 e. The number of carbonyl (C=O) groups excluding carboxylic acids is 1. The number of phenols is 2. The van der Waals surface area contributed by atoms with E-state index < -0.39 is 54.3 Å². The zero-order chi connectivity index (χ0) is 39.8. The van der Waals surface area contributed by atoms with Gasteiger partial charge in [0, 0.05) is 58.0 Å². The molecule has 3 atom stereocenters. The molecule has 2 saturated heterocycles. The molecule has 0 bridgehead atoms. The van der Waals surface area contributed by atoms with E-state index in [1.807, 2.05) is 26.0 Å². The number of benzene rings is 2. The van der Waals surface area contributed by atoms with Crippen LogP contribution in [0.2, 0.25) is 0 Å². The summed E-state index contributed by atoms with van der Waals surface area (Å²) in [5, 5.41) is 56.1. The summed E-state index contributed by atoms with van der Waals surface area (Å²) in [6.45, 7) is 4.76. The Kier molecular flexibility index (Phi) is 11.0. The summed E-state index contributed by atoms with van der Waals surface area (Å²) in [6, 6.07) is 11.0. The van der Waals surface area contributed by atoms with Crippen LogP contribution in [0.1, 0.15) is 43.5 Å². The highest BCUT2D eigenvalue weighted by molar-refractivity contribution is 5.86. The summed E-state index contributed by atoms with van der Waals surface area (Å²) < 4.78 is 35.8. The van der Waals surface area contributed by atoms with Gasteiger partial charge in [-0.25, -0.2) is 24.0 Å². The van der Waals surface area contributed by atoms with Gasteiger partial charge in [0.1, 0.15) is 23.4 Å². The molecule has 2 aliphatic rings. The predicted octanol–water partition coefficient (Wildman–Crippen LogP) is 1.42. The lowest BCUT2D eigenvalue weighted by atomic mass is 9.98. The third-order valence-corrected chi connectivity index (χ3v) is 9.69. The number of nitrogens with zero attached hydrogens (tertiary/aromatic N) is 7. The van der Waals surface area contributed by atoms with Crippen LogP contribution in [0.4, 0.5) is 19.4 Å². The van der Waals surface area contributed by atoms with Crippen molar-refractivity contribution in [2.24, 2.45) is 0 Å². The molecule has 0 spiro atoms. The van der Waals surface area contributed by atoms with Gasteiger partial charge < -0.3 is 35.2 Å². The van der Waals surface area contributed by atoms with Crippen molar-refractivity contribution in [3.05, 3.63) is 80.8 Å². The van der Waals surface area contributed by atoms with E-state index in [1.165, 1.54) is 10.6 Å². The Morgan fingerprint density at radius 2 is 1.75 bits per heavy atom. The average Bonchev–Trinajstić information content (AvgIpc) is 3.63. The Labute approximate surface area is 311 Å². The normalized spacial score (nSPS) is 19.9. The fraction of sp³-hybridized carbons (Fsp3) is 0.429. The fourth-order valence-electron chi connectivity index (χ4n) is 6.64. The van der Waals surface area contributed by atoms with Crippen molar-refractivity contribution in [3.8, 4) is 28.6 Å². The number of H-pyrrole nitrogens is 1. The maximum Gasteiger partial charge on any atom is 0.413 e. The van der Waals surface area contributed by atoms with Gasteiger partial charge in [0.2, 0.25) is 12.1 Å². The molecule has 2 fully saturated rings. The number of alkyl halides is 2. The molecule has 0 aliphatic carbocycles. The molecule has 2 aromatic heterocycles. The van der Waals surface area contributed by atoms with Gasteiger partial charge >= 0.3 is 23.4 Å². The molecule has 4 heterocycles. The molecule has 0 unspecified atom stereocenters. The number of aliphatic hydroxyl groups is 2. The number of phenolic OH excluding ortho intramolecular Hbond substituents is 2. The number of carbonyl (C=O) groups is 2. The van der Waals surface area contributed by atoms with Crippen molar-refractivity contribution < 1.29 is 48.6 Å². The SMILES string of the molecule is CC(C)c1cc(-c2n[nH]c(=O)n2-c2ccc(CN3CCN(C(=O)CCN(C(=O)O)c4ccn([C@@H]5O[C@H](CO)[C@@H](O)C5(F)F)c(=O)n4)CC3)cc2)c(O)cc1O. The van der Waals surface area contributed by atoms with E-state index in [4.69, 9.17) is 4.74 Å². The molecular weight excluding hydrogens is 730 g/mol. The molecule has 20 heteroatoms. The third-order valence-electron chi connectivity index (χ3n) is 9.69. The summed E-state index contributed by atoms with van der Waals surface area (Å²) in [4.78, 5) is 58.5. The van der Waals surface area contributed by atoms with Crippen LogP contribution in [-0.2, 0) is 16.1 Å². The highest BCUT2D eigenvalue weighted by Crippen LogP contribution is 2.42. The second-order valence-electron chi connectivity index (χ2n) is 13.6. The highest BCUT2D eigenvalue weighted by Gasteiger charge is 2.59. The number of rotatable bonds is 11. The molecule has 2 aliphatic heterocycles. The Balaban J connectivity index is 1.04. The fourth-order valence-corrected chi connectivity index (χ4v) is 6.64. The number of amides is 2. The number of carboxylic acid groups (broad SMARTS) is 1. The quantitative estimate of drug-likeness (QED) is 0.127. The third kappa shape index (κ3) is 7.79. The van der Waals surface area contributed by atoms with Crippen molar-refractivity contribution >= 4 is 17.8 Å². The first-order valence-corrected chi connectivity index (χ1v) is 17.4. The molecule has 2 amide bonds. The molecule has 55 heavy (non-hydrogen) atoms. The minimum atomic E-state index is -3.94. The van der Waals surface area contributed by atoms with E-state index in [0.29, 0.717) is 53.4 Å². The number of nitrogens with one attached hydrogen (secondary N) is 1. The van der Waals surface area contributed by atoms with E-state index in [1.54, 1.807) is 23.1 Å². The predicted molar refractivity (Wildman–Crippen MR) is 189 cm³/mol. The minimum absolute atomic E-state index is 0.0529. The van der Waals surface area contributed by atoms with Crippen LogP contribution in [0.25, 0.3) is 17.1 Å². The summed E-state index contributed by atoms with van der Waals surface area (Å²) >= 11 is 0. The van der Waals surface area contributed by atoms with Crippen molar-refractivity contribution in [3.63, 3.8) is 0 Å². The maximum atomic E-state index is 14.5. The number of aromatic amines is 1. The molecule has 0 radical (unpaired) electrons. The highest BCUT2D eigenvalue weighted by atomic mass is 19.3. The largest absolute Gasteiger partial charge is 0.508 e. The number of piperazine rings is 1. The second kappa shape index (κ2) is 15.6. The molecule has 0 saturated carbocycles. The number of halogens is 2. The van der Waals surface area contributed by atoms with Gasteiger partial charge in [-0.2, -0.15) is 18.9 Å². The summed E-state index contributed by atoms with van der Waals surface area (Å²) in [5.41, 5.74) is 0.484. The first-order valence-electron chi connectivity index (χ1n) is 17.4. The molecule has 294 valence electrons. The first-order chi connectivity index (χ1) is 26.1. The lowest BCUT2D eigenvalue weighted by Gasteiger charge is -2.35. The molecule has 18 nitrogen and oxygen atoms in total.